The van der Waals surface area contributed by atoms with Gasteiger partial charge in [0.1, 0.15) is 0 Å². The summed E-state index contributed by atoms with van der Waals surface area (Å²) in [5, 5.41) is 8.70. The highest BCUT2D eigenvalue weighted by molar-refractivity contribution is 14.1. The zero-order valence-electron chi connectivity index (χ0n) is 7.16. The van der Waals surface area contributed by atoms with Crippen molar-refractivity contribution in [3.05, 3.63) is 12.3 Å². The number of rotatable bonds is 5. The second-order valence-corrected chi connectivity index (χ2v) is 3.25. The third-order valence-corrected chi connectivity index (χ3v) is 1.88. The highest BCUT2D eigenvalue weighted by Gasteiger charge is 2.05. The average molecular weight is 283 g/mol. The van der Waals surface area contributed by atoms with Crippen LogP contribution in [0.25, 0.3) is 0 Å². The molecule has 0 fully saturated rings. The standard InChI is InChI=1S/C8H14INO2/c1-2-3-6-10(8(11)12)7-4-5-9/h4,7H,2-3,5-6H2,1H3,(H,11,12). The molecule has 0 aromatic heterocycles. The summed E-state index contributed by atoms with van der Waals surface area (Å²) in [5.41, 5.74) is 0. The SMILES string of the molecule is CCCCN(C=CCI)C(=O)O. The Kier molecular flexibility index (Phi) is 7.23. The van der Waals surface area contributed by atoms with Gasteiger partial charge in [-0.05, 0) is 6.42 Å². The molecule has 12 heavy (non-hydrogen) atoms. The lowest BCUT2D eigenvalue weighted by Gasteiger charge is -2.12. The number of amides is 1. The fraction of sp³-hybridized carbons (Fsp3) is 0.625. The van der Waals surface area contributed by atoms with Crippen molar-refractivity contribution < 1.29 is 9.90 Å². The van der Waals surface area contributed by atoms with E-state index in [1.54, 1.807) is 6.20 Å². The molecule has 0 unspecified atom stereocenters. The quantitative estimate of drug-likeness (QED) is 0.622. The van der Waals surface area contributed by atoms with E-state index >= 15 is 0 Å². The third kappa shape index (κ3) is 5.40. The van der Waals surface area contributed by atoms with Gasteiger partial charge in [0.15, 0.2) is 0 Å². The summed E-state index contributed by atoms with van der Waals surface area (Å²) in [7, 11) is 0. The number of alkyl halides is 1. The van der Waals surface area contributed by atoms with Crippen molar-refractivity contribution in [2.75, 3.05) is 11.0 Å². The molecule has 0 heterocycles. The number of carboxylic acid groups (broad SMARTS) is 1. The molecule has 0 aliphatic heterocycles. The van der Waals surface area contributed by atoms with Gasteiger partial charge in [-0.25, -0.2) is 4.79 Å². The summed E-state index contributed by atoms with van der Waals surface area (Å²) in [4.78, 5) is 11.9. The molecule has 0 spiro atoms. The molecule has 0 rings (SSSR count). The Morgan fingerprint density at radius 3 is 2.75 bits per heavy atom. The molecule has 0 atom stereocenters. The minimum atomic E-state index is -0.871. The van der Waals surface area contributed by atoms with Gasteiger partial charge >= 0.3 is 6.09 Å². The lowest BCUT2D eigenvalue weighted by Crippen LogP contribution is -2.24. The monoisotopic (exact) mass is 283 g/mol. The van der Waals surface area contributed by atoms with Crippen LogP contribution >= 0.6 is 22.6 Å². The Morgan fingerprint density at radius 1 is 1.67 bits per heavy atom. The molecule has 0 aromatic carbocycles. The number of carbonyl (C=O) groups is 1. The van der Waals surface area contributed by atoms with Gasteiger partial charge in [-0.2, -0.15) is 0 Å². The zero-order valence-corrected chi connectivity index (χ0v) is 9.32. The third-order valence-electron chi connectivity index (χ3n) is 1.37. The predicted molar refractivity (Wildman–Crippen MR) is 57.7 cm³/mol. The van der Waals surface area contributed by atoms with Crippen LogP contribution in [0, 0.1) is 0 Å². The summed E-state index contributed by atoms with van der Waals surface area (Å²) in [5.74, 6) is 0. The lowest BCUT2D eigenvalue weighted by atomic mass is 10.3. The molecule has 0 saturated heterocycles. The maximum atomic E-state index is 10.6. The first-order valence-electron chi connectivity index (χ1n) is 3.94. The summed E-state index contributed by atoms with van der Waals surface area (Å²) < 4.78 is 0.841. The minimum absolute atomic E-state index is 0.596. The van der Waals surface area contributed by atoms with Crippen LogP contribution in [0.1, 0.15) is 19.8 Å². The molecule has 0 aliphatic carbocycles. The number of hydrogen-bond donors (Lipinski definition) is 1. The summed E-state index contributed by atoms with van der Waals surface area (Å²) in [6, 6.07) is 0. The normalized spacial score (nSPS) is 10.5. The second kappa shape index (κ2) is 7.39. The predicted octanol–water partition coefficient (Wildman–Crippen LogP) is 2.72. The first-order valence-corrected chi connectivity index (χ1v) is 5.47. The molecule has 0 saturated carbocycles. The van der Waals surface area contributed by atoms with Gasteiger partial charge in [0.2, 0.25) is 0 Å². The smallest absolute Gasteiger partial charge is 0.411 e. The maximum absolute atomic E-state index is 10.6. The van der Waals surface area contributed by atoms with Crippen molar-refractivity contribution in [3.63, 3.8) is 0 Å². The highest BCUT2D eigenvalue weighted by Crippen LogP contribution is 1.97. The number of allylic oxidation sites excluding steroid dienone is 1. The van der Waals surface area contributed by atoms with Crippen molar-refractivity contribution in [3.8, 4) is 0 Å². The Labute approximate surface area is 86.6 Å². The molecular weight excluding hydrogens is 269 g/mol. The first-order chi connectivity index (χ1) is 5.72. The van der Waals surface area contributed by atoms with Crippen LogP contribution < -0.4 is 0 Å². The van der Waals surface area contributed by atoms with Crippen molar-refractivity contribution in [1.29, 1.82) is 0 Å². The largest absolute Gasteiger partial charge is 0.465 e. The average Bonchev–Trinajstić information content (AvgIpc) is 2.04. The van der Waals surface area contributed by atoms with Crippen LogP contribution in [0.2, 0.25) is 0 Å². The Bertz CT molecular complexity index is 159. The molecular formula is C8H14INO2. The van der Waals surface area contributed by atoms with Crippen molar-refractivity contribution in [2.45, 2.75) is 19.8 Å². The van der Waals surface area contributed by atoms with Gasteiger partial charge in [-0.3, -0.25) is 4.90 Å². The Balaban J connectivity index is 3.86. The molecule has 1 amide bonds. The fourth-order valence-corrected chi connectivity index (χ4v) is 0.957. The highest BCUT2D eigenvalue weighted by atomic mass is 127. The fourth-order valence-electron chi connectivity index (χ4n) is 0.729. The molecule has 70 valence electrons. The van der Waals surface area contributed by atoms with E-state index in [-0.39, 0.29) is 0 Å². The molecule has 0 aliphatic rings. The lowest BCUT2D eigenvalue weighted by molar-refractivity contribution is 0.162. The van der Waals surface area contributed by atoms with Crippen LogP contribution in [-0.2, 0) is 0 Å². The van der Waals surface area contributed by atoms with Gasteiger partial charge in [0.25, 0.3) is 0 Å². The molecule has 0 radical (unpaired) electrons. The van der Waals surface area contributed by atoms with Crippen LogP contribution in [-0.4, -0.2) is 27.1 Å². The van der Waals surface area contributed by atoms with Gasteiger partial charge in [-0.15, -0.1) is 0 Å². The Morgan fingerprint density at radius 2 is 2.33 bits per heavy atom. The first kappa shape index (κ1) is 11.7. The van der Waals surface area contributed by atoms with Crippen molar-refractivity contribution in [1.82, 2.24) is 4.90 Å². The molecule has 4 heteroatoms. The van der Waals surface area contributed by atoms with E-state index in [4.69, 9.17) is 5.11 Å². The van der Waals surface area contributed by atoms with Gasteiger partial charge in [0.05, 0.1) is 0 Å². The van der Waals surface area contributed by atoms with Crippen LogP contribution in [0.15, 0.2) is 12.3 Å². The van der Waals surface area contributed by atoms with E-state index in [1.165, 1.54) is 4.90 Å². The summed E-state index contributed by atoms with van der Waals surface area (Å²) in [6.45, 7) is 2.64. The summed E-state index contributed by atoms with van der Waals surface area (Å²) >= 11 is 2.18. The van der Waals surface area contributed by atoms with E-state index in [0.717, 1.165) is 17.3 Å². The second-order valence-electron chi connectivity index (χ2n) is 2.37. The van der Waals surface area contributed by atoms with E-state index in [0.29, 0.717) is 6.54 Å². The Hall–Kier alpha value is -0.260. The van der Waals surface area contributed by atoms with Crippen LogP contribution in [0.5, 0.6) is 0 Å². The molecule has 0 aromatic rings. The van der Waals surface area contributed by atoms with Gasteiger partial charge in [0, 0.05) is 17.2 Å². The number of nitrogens with zero attached hydrogens (tertiary/aromatic N) is 1. The number of unbranched alkanes of at least 4 members (excludes halogenated alkanes) is 1. The number of halogens is 1. The van der Waals surface area contributed by atoms with E-state index in [2.05, 4.69) is 22.6 Å². The molecule has 1 N–H and O–H groups in total. The minimum Gasteiger partial charge on any atom is -0.465 e. The van der Waals surface area contributed by atoms with Crippen LogP contribution in [0.4, 0.5) is 4.79 Å². The van der Waals surface area contributed by atoms with Crippen LogP contribution in [0.3, 0.4) is 0 Å². The maximum Gasteiger partial charge on any atom is 0.411 e. The van der Waals surface area contributed by atoms with Crippen molar-refractivity contribution >= 4 is 28.7 Å². The van der Waals surface area contributed by atoms with E-state index < -0.39 is 6.09 Å². The van der Waals surface area contributed by atoms with Gasteiger partial charge in [-0.1, -0.05) is 42.0 Å². The number of hydrogen-bond acceptors (Lipinski definition) is 1. The van der Waals surface area contributed by atoms with E-state index in [1.807, 2.05) is 13.0 Å². The topological polar surface area (TPSA) is 40.5 Å². The molecule has 0 bridgehead atoms. The van der Waals surface area contributed by atoms with Gasteiger partial charge < -0.3 is 5.11 Å². The zero-order chi connectivity index (χ0) is 9.40. The van der Waals surface area contributed by atoms with E-state index in [9.17, 15) is 4.79 Å². The molecule has 3 nitrogen and oxygen atoms in total. The van der Waals surface area contributed by atoms with Crippen molar-refractivity contribution in [2.24, 2.45) is 0 Å². The summed E-state index contributed by atoms with van der Waals surface area (Å²) in [6.07, 6.45) is 4.53.